The minimum absolute atomic E-state index is 0.180. The van der Waals surface area contributed by atoms with Gasteiger partial charge in [-0.15, -0.1) is 0 Å². The first-order valence-corrected chi connectivity index (χ1v) is 10.7. The van der Waals surface area contributed by atoms with E-state index in [-0.39, 0.29) is 10.8 Å². The molecule has 0 atom stereocenters. The third kappa shape index (κ3) is 4.39. The molecule has 0 aromatic heterocycles. The normalized spacial score (nSPS) is 11.6. The van der Waals surface area contributed by atoms with E-state index in [1.54, 1.807) is 32.9 Å². The van der Waals surface area contributed by atoms with Crippen LogP contribution in [0.1, 0.15) is 47.8 Å². The van der Waals surface area contributed by atoms with Crippen LogP contribution < -0.4 is 5.32 Å². The Hall–Kier alpha value is -2.18. The third-order valence-corrected chi connectivity index (χ3v) is 6.94. The molecule has 6 heteroatoms. The van der Waals surface area contributed by atoms with Gasteiger partial charge in [0.25, 0.3) is 5.91 Å². The summed E-state index contributed by atoms with van der Waals surface area (Å²) >= 11 is 0. The molecule has 5 nitrogen and oxygen atoms in total. The van der Waals surface area contributed by atoms with Gasteiger partial charge in [0.1, 0.15) is 0 Å². The molecule has 0 saturated heterocycles. The average molecular weight is 389 g/mol. The Labute approximate surface area is 162 Å². The van der Waals surface area contributed by atoms with E-state index in [2.05, 4.69) is 5.32 Å². The Morgan fingerprint density at radius 1 is 1.00 bits per heavy atom. The zero-order valence-electron chi connectivity index (χ0n) is 16.7. The monoisotopic (exact) mass is 388 g/mol. The predicted molar refractivity (Wildman–Crippen MR) is 110 cm³/mol. The molecule has 0 aliphatic heterocycles. The Balaban J connectivity index is 2.43. The number of amides is 1. The van der Waals surface area contributed by atoms with Crippen LogP contribution in [-0.4, -0.2) is 31.7 Å². The SMILES string of the molecule is CCc1cccc(C)c1NC(=O)c1ccc(C)c(S(=O)(=O)N(CC)CC)c1. The van der Waals surface area contributed by atoms with Crippen LogP contribution in [0.5, 0.6) is 0 Å². The zero-order valence-corrected chi connectivity index (χ0v) is 17.5. The lowest BCUT2D eigenvalue weighted by atomic mass is 10.1. The number of carbonyl (C=O) groups excluding carboxylic acids is 1. The highest BCUT2D eigenvalue weighted by Crippen LogP contribution is 2.24. The number of benzene rings is 2. The number of para-hydroxylation sites is 1. The van der Waals surface area contributed by atoms with Crippen LogP contribution >= 0.6 is 0 Å². The molecule has 0 radical (unpaired) electrons. The molecule has 2 rings (SSSR count). The molecule has 27 heavy (non-hydrogen) atoms. The minimum Gasteiger partial charge on any atom is -0.321 e. The molecule has 0 saturated carbocycles. The smallest absolute Gasteiger partial charge is 0.255 e. The molecule has 0 unspecified atom stereocenters. The van der Waals surface area contributed by atoms with Gasteiger partial charge in [0.15, 0.2) is 0 Å². The lowest BCUT2D eigenvalue weighted by molar-refractivity contribution is 0.102. The summed E-state index contributed by atoms with van der Waals surface area (Å²) in [5.41, 5.74) is 3.77. The maximum absolute atomic E-state index is 12.9. The molecule has 1 N–H and O–H groups in total. The van der Waals surface area contributed by atoms with Crippen LogP contribution in [0.25, 0.3) is 0 Å². The van der Waals surface area contributed by atoms with Crippen molar-refractivity contribution in [3.63, 3.8) is 0 Å². The zero-order chi connectivity index (χ0) is 20.2. The van der Waals surface area contributed by atoms with Crippen LogP contribution in [0.15, 0.2) is 41.3 Å². The van der Waals surface area contributed by atoms with Gasteiger partial charge < -0.3 is 5.32 Å². The summed E-state index contributed by atoms with van der Waals surface area (Å²) in [5, 5.41) is 2.95. The number of hydrogen-bond donors (Lipinski definition) is 1. The van der Waals surface area contributed by atoms with E-state index in [0.717, 1.165) is 23.2 Å². The van der Waals surface area contributed by atoms with Gasteiger partial charge in [-0.25, -0.2) is 8.42 Å². The summed E-state index contributed by atoms with van der Waals surface area (Å²) in [5.74, 6) is -0.310. The number of nitrogens with zero attached hydrogens (tertiary/aromatic N) is 1. The molecule has 1 amide bonds. The highest BCUT2D eigenvalue weighted by atomic mass is 32.2. The van der Waals surface area contributed by atoms with Crippen molar-refractivity contribution in [2.45, 2.75) is 45.9 Å². The largest absolute Gasteiger partial charge is 0.321 e. The molecule has 0 aliphatic rings. The Bertz CT molecular complexity index is 932. The van der Waals surface area contributed by atoms with E-state index < -0.39 is 10.0 Å². The molecule has 0 spiro atoms. The number of carbonyl (C=O) groups is 1. The molecule has 0 bridgehead atoms. The van der Waals surface area contributed by atoms with Crippen molar-refractivity contribution in [2.75, 3.05) is 18.4 Å². The third-order valence-electron chi connectivity index (χ3n) is 4.75. The van der Waals surface area contributed by atoms with Gasteiger partial charge in [-0.2, -0.15) is 4.31 Å². The van der Waals surface area contributed by atoms with Crippen LogP contribution in [0.4, 0.5) is 5.69 Å². The number of sulfonamides is 1. The highest BCUT2D eigenvalue weighted by molar-refractivity contribution is 7.89. The van der Waals surface area contributed by atoms with Crippen molar-refractivity contribution >= 4 is 21.6 Å². The van der Waals surface area contributed by atoms with Gasteiger partial charge in [0, 0.05) is 24.3 Å². The van der Waals surface area contributed by atoms with E-state index in [1.165, 1.54) is 10.4 Å². The highest BCUT2D eigenvalue weighted by Gasteiger charge is 2.25. The van der Waals surface area contributed by atoms with Crippen LogP contribution in [0.3, 0.4) is 0 Å². The Kier molecular flexibility index (Phi) is 6.78. The predicted octanol–water partition coefficient (Wildman–Crippen LogP) is 4.15. The standard InChI is InChI=1S/C21H28N2O3S/c1-6-17-11-9-10-16(5)20(17)22-21(24)18-13-12-15(4)19(14-18)27(25,26)23(7-2)8-3/h9-14H,6-8H2,1-5H3,(H,22,24). The quantitative estimate of drug-likeness (QED) is 0.775. The van der Waals surface area contributed by atoms with Crippen LogP contribution in [0.2, 0.25) is 0 Å². The van der Waals surface area contributed by atoms with Crippen molar-refractivity contribution in [3.05, 3.63) is 58.7 Å². The second-order valence-corrected chi connectivity index (χ2v) is 8.39. The molecule has 2 aromatic carbocycles. The van der Waals surface area contributed by atoms with E-state index in [0.29, 0.717) is 24.2 Å². The van der Waals surface area contributed by atoms with Crippen LogP contribution in [0, 0.1) is 13.8 Å². The fourth-order valence-corrected chi connectivity index (χ4v) is 4.82. The lowest BCUT2D eigenvalue weighted by Crippen LogP contribution is -2.31. The summed E-state index contributed by atoms with van der Waals surface area (Å²) in [6.07, 6.45) is 0.798. The van der Waals surface area contributed by atoms with E-state index in [9.17, 15) is 13.2 Å². The fourth-order valence-electron chi connectivity index (χ4n) is 3.11. The van der Waals surface area contributed by atoms with Gasteiger partial charge >= 0.3 is 0 Å². The molecule has 2 aromatic rings. The Morgan fingerprint density at radius 3 is 2.26 bits per heavy atom. The van der Waals surface area contributed by atoms with Crippen LogP contribution in [-0.2, 0) is 16.4 Å². The van der Waals surface area contributed by atoms with Gasteiger partial charge in [0.05, 0.1) is 4.90 Å². The Morgan fingerprint density at radius 2 is 1.67 bits per heavy atom. The number of hydrogen-bond acceptors (Lipinski definition) is 3. The van der Waals surface area contributed by atoms with Crippen molar-refractivity contribution in [1.82, 2.24) is 4.31 Å². The first-order chi connectivity index (χ1) is 12.8. The van der Waals surface area contributed by atoms with Crippen molar-refractivity contribution in [2.24, 2.45) is 0 Å². The summed E-state index contributed by atoms with van der Waals surface area (Å²) in [7, 11) is -3.63. The fraction of sp³-hybridized carbons (Fsp3) is 0.381. The van der Waals surface area contributed by atoms with Crippen molar-refractivity contribution < 1.29 is 13.2 Å². The van der Waals surface area contributed by atoms with Gasteiger partial charge in [-0.05, 0) is 49.1 Å². The second kappa shape index (κ2) is 8.67. The molecule has 146 valence electrons. The first-order valence-electron chi connectivity index (χ1n) is 9.26. The topological polar surface area (TPSA) is 66.5 Å². The van der Waals surface area contributed by atoms with E-state index in [4.69, 9.17) is 0 Å². The van der Waals surface area contributed by atoms with E-state index in [1.807, 2.05) is 32.0 Å². The van der Waals surface area contributed by atoms with E-state index >= 15 is 0 Å². The number of nitrogens with one attached hydrogen (secondary N) is 1. The van der Waals surface area contributed by atoms with Gasteiger partial charge in [-0.1, -0.05) is 45.0 Å². The molecule has 0 aliphatic carbocycles. The van der Waals surface area contributed by atoms with Gasteiger partial charge in [-0.3, -0.25) is 4.79 Å². The second-order valence-electron chi connectivity index (χ2n) is 6.49. The maximum Gasteiger partial charge on any atom is 0.255 e. The summed E-state index contributed by atoms with van der Waals surface area (Å²) in [6, 6.07) is 10.7. The van der Waals surface area contributed by atoms with Gasteiger partial charge in [0.2, 0.25) is 10.0 Å². The number of rotatable bonds is 7. The summed E-state index contributed by atoms with van der Waals surface area (Å²) in [4.78, 5) is 13.0. The number of aryl methyl sites for hydroxylation is 3. The average Bonchev–Trinajstić information content (AvgIpc) is 2.64. The maximum atomic E-state index is 12.9. The van der Waals surface area contributed by atoms with Crippen molar-refractivity contribution in [1.29, 1.82) is 0 Å². The van der Waals surface area contributed by atoms with Crippen molar-refractivity contribution in [3.8, 4) is 0 Å². The molecular weight excluding hydrogens is 360 g/mol. The molecule has 0 heterocycles. The first kappa shape index (κ1) is 21.1. The summed E-state index contributed by atoms with van der Waals surface area (Å²) in [6.45, 7) is 10.1. The number of anilines is 1. The minimum atomic E-state index is -3.63. The summed E-state index contributed by atoms with van der Waals surface area (Å²) < 4.78 is 27.2. The molecular formula is C21H28N2O3S. The lowest BCUT2D eigenvalue weighted by Gasteiger charge is -2.20. The molecule has 0 fully saturated rings.